The highest BCUT2D eigenvalue weighted by Gasteiger charge is 2.29. The summed E-state index contributed by atoms with van der Waals surface area (Å²) in [7, 11) is 0. The third kappa shape index (κ3) is 5.26. The molecule has 144 valence electrons. The number of benzene rings is 1. The van der Waals surface area contributed by atoms with Crippen LogP contribution in [0.5, 0.6) is 0 Å². The van der Waals surface area contributed by atoms with E-state index in [1.807, 2.05) is 0 Å². The first kappa shape index (κ1) is 21.3. The standard InChI is InChI=1S/C18H23Cl2N3O2.ClH/c19-15-6-5-12(9-16(15)20)18(25)23-8-2-3-13(11-23)17(24)22-10-14-4-1-7-21-14;/h5-6,9,13-14,21H,1-4,7-8,10-11H2,(H,22,24);1H. The maximum absolute atomic E-state index is 12.7. The van der Waals surface area contributed by atoms with Crippen molar-refractivity contribution in [2.45, 2.75) is 31.7 Å². The summed E-state index contributed by atoms with van der Waals surface area (Å²) in [6.07, 6.45) is 3.91. The van der Waals surface area contributed by atoms with Gasteiger partial charge in [0, 0.05) is 31.2 Å². The molecule has 2 N–H and O–H groups in total. The van der Waals surface area contributed by atoms with Gasteiger partial charge in [0.15, 0.2) is 0 Å². The highest BCUT2D eigenvalue weighted by atomic mass is 35.5. The zero-order valence-electron chi connectivity index (χ0n) is 14.5. The Morgan fingerprint density at radius 3 is 2.69 bits per heavy atom. The normalized spacial score (nSPS) is 22.6. The molecule has 0 radical (unpaired) electrons. The number of carbonyl (C=O) groups excluding carboxylic acids is 2. The number of carbonyl (C=O) groups is 2. The van der Waals surface area contributed by atoms with E-state index in [4.69, 9.17) is 23.2 Å². The number of piperidine rings is 1. The van der Waals surface area contributed by atoms with E-state index in [1.54, 1.807) is 23.1 Å². The van der Waals surface area contributed by atoms with E-state index in [1.165, 1.54) is 0 Å². The summed E-state index contributed by atoms with van der Waals surface area (Å²) in [5.41, 5.74) is 0.505. The molecule has 0 aromatic heterocycles. The smallest absolute Gasteiger partial charge is 0.253 e. The molecule has 3 rings (SSSR count). The van der Waals surface area contributed by atoms with Gasteiger partial charge in [-0.15, -0.1) is 12.4 Å². The summed E-state index contributed by atoms with van der Waals surface area (Å²) in [5, 5.41) is 7.19. The quantitative estimate of drug-likeness (QED) is 0.786. The maximum Gasteiger partial charge on any atom is 0.253 e. The Kier molecular flexibility index (Phi) is 8.02. The second-order valence-electron chi connectivity index (χ2n) is 6.76. The van der Waals surface area contributed by atoms with E-state index in [-0.39, 0.29) is 30.1 Å². The van der Waals surface area contributed by atoms with Crippen molar-refractivity contribution >= 4 is 47.4 Å². The van der Waals surface area contributed by atoms with E-state index in [0.29, 0.717) is 41.3 Å². The molecule has 0 saturated carbocycles. The summed E-state index contributed by atoms with van der Waals surface area (Å²) in [6, 6.07) is 5.26. The number of nitrogens with zero attached hydrogens (tertiary/aromatic N) is 1. The van der Waals surface area contributed by atoms with Gasteiger partial charge in [-0.3, -0.25) is 9.59 Å². The third-order valence-corrected chi connectivity index (χ3v) is 5.67. The Hall–Kier alpha value is -1.01. The zero-order chi connectivity index (χ0) is 17.8. The predicted molar refractivity (Wildman–Crippen MR) is 106 cm³/mol. The van der Waals surface area contributed by atoms with Gasteiger partial charge in [-0.1, -0.05) is 23.2 Å². The maximum atomic E-state index is 12.7. The minimum absolute atomic E-state index is 0. The van der Waals surface area contributed by atoms with E-state index in [0.717, 1.165) is 32.2 Å². The van der Waals surface area contributed by atoms with Crippen LogP contribution in [0.4, 0.5) is 0 Å². The van der Waals surface area contributed by atoms with Crippen molar-refractivity contribution in [1.82, 2.24) is 15.5 Å². The zero-order valence-corrected chi connectivity index (χ0v) is 16.8. The van der Waals surface area contributed by atoms with Gasteiger partial charge in [-0.2, -0.15) is 0 Å². The number of nitrogens with one attached hydrogen (secondary N) is 2. The van der Waals surface area contributed by atoms with Gasteiger partial charge in [-0.05, 0) is 50.4 Å². The minimum atomic E-state index is -0.151. The summed E-state index contributed by atoms with van der Waals surface area (Å²) in [5.74, 6) is -0.212. The van der Waals surface area contributed by atoms with Crippen LogP contribution in [0.3, 0.4) is 0 Å². The van der Waals surface area contributed by atoms with Crippen molar-refractivity contribution in [3.8, 4) is 0 Å². The van der Waals surface area contributed by atoms with Crippen LogP contribution < -0.4 is 10.6 Å². The molecule has 0 bridgehead atoms. The lowest BCUT2D eigenvalue weighted by atomic mass is 9.96. The first-order chi connectivity index (χ1) is 12.0. The Balaban J connectivity index is 0.00000243. The average Bonchev–Trinajstić information content (AvgIpc) is 3.15. The molecular formula is C18H24Cl3N3O2. The van der Waals surface area contributed by atoms with Crippen LogP contribution in [-0.2, 0) is 4.79 Å². The molecule has 8 heteroatoms. The third-order valence-electron chi connectivity index (χ3n) is 4.93. The highest BCUT2D eigenvalue weighted by molar-refractivity contribution is 6.42. The minimum Gasteiger partial charge on any atom is -0.354 e. The van der Waals surface area contributed by atoms with Crippen molar-refractivity contribution in [3.05, 3.63) is 33.8 Å². The Labute approximate surface area is 170 Å². The molecular weight excluding hydrogens is 397 g/mol. The summed E-state index contributed by atoms with van der Waals surface area (Å²) in [4.78, 5) is 26.9. The molecule has 1 aromatic carbocycles. The molecule has 2 saturated heterocycles. The van der Waals surface area contributed by atoms with Crippen molar-refractivity contribution in [2.24, 2.45) is 5.92 Å². The summed E-state index contributed by atoms with van der Waals surface area (Å²) in [6.45, 7) is 2.79. The molecule has 2 atom stereocenters. The van der Waals surface area contributed by atoms with Crippen LogP contribution in [0.15, 0.2) is 18.2 Å². The fourth-order valence-electron chi connectivity index (χ4n) is 3.49. The SMILES string of the molecule is Cl.O=C(NCC1CCCN1)C1CCCN(C(=O)c2ccc(Cl)c(Cl)c2)C1. The van der Waals surface area contributed by atoms with Gasteiger partial charge in [0.05, 0.1) is 16.0 Å². The topological polar surface area (TPSA) is 61.4 Å². The van der Waals surface area contributed by atoms with Gasteiger partial charge in [0.2, 0.25) is 5.91 Å². The monoisotopic (exact) mass is 419 g/mol. The molecule has 2 fully saturated rings. The molecule has 2 unspecified atom stereocenters. The van der Waals surface area contributed by atoms with Gasteiger partial charge in [-0.25, -0.2) is 0 Å². The van der Waals surface area contributed by atoms with Gasteiger partial charge < -0.3 is 15.5 Å². The lowest BCUT2D eigenvalue weighted by molar-refractivity contribution is -0.126. The average molecular weight is 421 g/mol. The first-order valence-corrected chi connectivity index (χ1v) is 9.55. The van der Waals surface area contributed by atoms with Crippen molar-refractivity contribution in [2.75, 3.05) is 26.2 Å². The van der Waals surface area contributed by atoms with Crippen LogP contribution in [0.2, 0.25) is 10.0 Å². The number of halogens is 3. The van der Waals surface area contributed by atoms with Crippen molar-refractivity contribution in [3.63, 3.8) is 0 Å². The van der Waals surface area contributed by atoms with Gasteiger partial charge in [0.25, 0.3) is 5.91 Å². The lowest BCUT2D eigenvalue weighted by Crippen LogP contribution is -2.47. The number of likely N-dealkylation sites (tertiary alicyclic amines) is 1. The molecule has 26 heavy (non-hydrogen) atoms. The summed E-state index contributed by atoms with van der Waals surface area (Å²) < 4.78 is 0. The largest absolute Gasteiger partial charge is 0.354 e. The Morgan fingerprint density at radius 1 is 1.19 bits per heavy atom. The molecule has 5 nitrogen and oxygen atoms in total. The number of hydrogen-bond acceptors (Lipinski definition) is 3. The van der Waals surface area contributed by atoms with Crippen LogP contribution in [0.25, 0.3) is 0 Å². The molecule has 2 amide bonds. The fraction of sp³-hybridized carbons (Fsp3) is 0.556. The molecule has 0 aliphatic carbocycles. The predicted octanol–water partition coefficient (Wildman–Crippen LogP) is 3.14. The van der Waals surface area contributed by atoms with Gasteiger partial charge in [0.1, 0.15) is 0 Å². The second kappa shape index (κ2) is 9.79. The highest BCUT2D eigenvalue weighted by Crippen LogP contribution is 2.25. The van der Waals surface area contributed by atoms with Crippen LogP contribution >= 0.6 is 35.6 Å². The van der Waals surface area contributed by atoms with Gasteiger partial charge >= 0.3 is 0 Å². The fourth-order valence-corrected chi connectivity index (χ4v) is 3.78. The lowest BCUT2D eigenvalue weighted by Gasteiger charge is -2.32. The number of amides is 2. The molecule has 0 spiro atoms. The van der Waals surface area contributed by atoms with Crippen LogP contribution in [0.1, 0.15) is 36.0 Å². The number of rotatable bonds is 4. The molecule has 1 aromatic rings. The number of hydrogen-bond donors (Lipinski definition) is 2. The van der Waals surface area contributed by atoms with Crippen LogP contribution in [0, 0.1) is 5.92 Å². The second-order valence-corrected chi connectivity index (χ2v) is 7.57. The van der Waals surface area contributed by atoms with E-state index in [2.05, 4.69) is 10.6 Å². The van der Waals surface area contributed by atoms with E-state index in [9.17, 15) is 9.59 Å². The molecule has 2 heterocycles. The Bertz CT molecular complexity index is 651. The van der Waals surface area contributed by atoms with Crippen molar-refractivity contribution in [1.29, 1.82) is 0 Å². The van der Waals surface area contributed by atoms with Crippen LogP contribution in [-0.4, -0.2) is 48.9 Å². The molecule has 2 aliphatic heterocycles. The summed E-state index contributed by atoms with van der Waals surface area (Å²) >= 11 is 11.9. The first-order valence-electron chi connectivity index (χ1n) is 8.80. The van der Waals surface area contributed by atoms with E-state index < -0.39 is 0 Å². The van der Waals surface area contributed by atoms with Crippen molar-refractivity contribution < 1.29 is 9.59 Å². The van der Waals surface area contributed by atoms with E-state index >= 15 is 0 Å². The Morgan fingerprint density at radius 2 is 2.00 bits per heavy atom. The molecule has 2 aliphatic rings.